The Morgan fingerprint density at radius 2 is 1.55 bits per heavy atom. The van der Waals surface area contributed by atoms with Gasteiger partial charge in [-0.15, -0.1) is 0 Å². The van der Waals surface area contributed by atoms with E-state index in [-0.39, 0.29) is 11.7 Å². The summed E-state index contributed by atoms with van der Waals surface area (Å²) < 4.78 is 41.5. The van der Waals surface area contributed by atoms with Crippen molar-refractivity contribution >= 4 is 10.1 Å². The van der Waals surface area contributed by atoms with E-state index in [0.717, 1.165) is 36.3 Å². The van der Waals surface area contributed by atoms with Gasteiger partial charge in [0.25, 0.3) is 10.1 Å². The minimum atomic E-state index is -4.11. The van der Waals surface area contributed by atoms with Crippen molar-refractivity contribution in [2.45, 2.75) is 24.2 Å². The average molecular weight is 320 g/mol. The van der Waals surface area contributed by atoms with Crippen molar-refractivity contribution in [1.29, 1.82) is 0 Å². The molecule has 1 aliphatic rings. The predicted octanol–water partition coefficient (Wildman–Crippen LogP) is 2.84. The summed E-state index contributed by atoms with van der Waals surface area (Å²) in [5, 5.41) is 0. The SMILES string of the molecule is O=S(=O)(O)c1ccc(CCCc2ccc3c(c2)OCO3)cc1. The van der Waals surface area contributed by atoms with E-state index >= 15 is 0 Å². The van der Waals surface area contributed by atoms with Crippen LogP contribution >= 0.6 is 0 Å². The lowest BCUT2D eigenvalue weighted by Gasteiger charge is -2.04. The first-order valence-electron chi connectivity index (χ1n) is 6.97. The molecule has 0 unspecified atom stereocenters. The first-order chi connectivity index (χ1) is 10.5. The monoisotopic (exact) mass is 320 g/mol. The molecule has 0 aliphatic carbocycles. The zero-order valence-corrected chi connectivity index (χ0v) is 12.7. The van der Waals surface area contributed by atoms with E-state index in [0.29, 0.717) is 0 Å². The number of hydrogen-bond donors (Lipinski definition) is 1. The summed E-state index contributed by atoms with van der Waals surface area (Å²) in [4.78, 5) is -0.0768. The van der Waals surface area contributed by atoms with Crippen molar-refractivity contribution in [3.63, 3.8) is 0 Å². The van der Waals surface area contributed by atoms with Gasteiger partial charge in [0.05, 0.1) is 4.90 Å². The van der Waals surface area contributed by atoms with E-state index in [2.05, 4.69) is 0 Å². The fourth-order valence-corrected chi connectivity index (χ4v) is 2.90. The summed E-state index contributed by atoms with van der Waals surface area (Å²) in [6.07, 6.45) is 2.67. The zero-order chi connectivity index (χ0) is 15.6. The largest absolute Gasteiger partial charge is 0.454 e. The highest BCUT2D eigenvalue weighted by atomic mass is 32.2. The van der Waals surface area contributed by atoms with E-state index in [1.54, 1.807) is 12.1 Å². The molecule has 0 atom stereocenters. The van der Waals surface area contributed by atoms with Crippen LogP contribution in [0.3, 0.4) is 0 Å². The standard InChI is InChI=1S/C16H16O5S/c17-22(18,19)14-7-4-12(5-8-14)2-1-3-13-6-9-15-16(10-13)21-11-20-15/h4-10H,1-3,11H2,(H,17,18,19). The Morgan fingerprint density at radius 1 is 0.909 bits per heavy atom. The molecule has 116 valence electrons. The molecule has 3 rings (SSSR count). The Hall–Kier alpha value is -2.05. The van der Waals surface area contributed by atoms with Crippen molar-refractivity contribution in [3.05, 3.63) is 53.6 Å². The summed E-state index contributed by atoms with van der Waals surface area (Å²) in [6.45, 7) is 0.277. The van der Waals surface area contributed by atoms with E-state index in [1.807, 2.05) is 18.2 Å². The number of rotatable bonds is 5. The van der Waals surface area contributed by atoms with Crippen LogP contribution < -0.4 is 9.47 Å². The fraction of sp³-hybridized carbons (Fsp3) is 0.250. The Morgan fingerprint density at radius 3 is 2.27 bits per heavy atom. The molecular formula is C16H16O5S. The molecule has 0 saturated carbocycles. The Bertz CT molecular complexity index is 766. The molecule has 6 heteroatoms. The lowest BCUT2D eigenvalue weighted by molar-refractivity contribution is 0.174. The second kappa shape index (κ2) is 5.98. The van der Waals surface area contributed by atoms with Crippen LogP contribution in [0.5, 0.6) is 11.5 Å². The minimum Gasteiger partial charge on any atom is -0.454 e. The molecule has 0 aromatic heterocycles. The molecule has 0 radical (unpaired) electrons. The quantitative estimate of drug-likeness (QED) is 0.858. The molecule has 0 saturated heterocycles. The molecule has 2 aromatic rings. The third-order valence-corrected chi connectivity index (χ3v) is 4.46. The molecule has 0 fully saturated rings. The van der Waals surface area contributed by atoms with Gasteiger partial charge in [0.1, 0.15) is 0 Å². The van der Waals surface area contributed by atoms with Gasteiger partial charge < -0.3 is 9.47 Å². The lowest BCUT2D eigenvalue weighted by atomic mass is 10.0. The Balaban J connectivity index is 1.57. The second-order valence-corrected chi connectivity index (χ2v) is 6.58. The minimum absolute atomic E-state index is 0.0768. The average Bonchev–Trinajstić information content (AvgIpc) is 2.94. The summed E-state index contributed by atoms with van der Waals surface area (Å²) >= 11 is 0. The van der Waals surface area contributed by atoms with Gasteiger partial charge in [-0.25, -0.2) is 0 Å². The van der Waals surface area contributed by atoms with Crippen molar-refractivity contribution < 1.29 is 22.4 Å². The topological polar surface area (TPSA) is 72.8 Å². The number of fused-ring (bicyclic) bond motifs is 1. The predicted molar refractivity (Wildman–Crippen MR) is 80.8 cm³/mol. The maximum atomic E-state index is 11.0. The first kappa shape index (κ1) is 14.9. The maximum Gasteiger partial charge on any atom is 0.294 e. The number of ether oxygens (including phenoxy) is 2. The highest BCUT2D eigenvalue weighted by molar-refractivity contribution is 7.85. The van der Waals surface area contributed by atoms with Crippen molar-refractivity contribution in [2.24, 2.45) is 0 Å². The van der Waals surface area contributed by atoms with Gasteiger partial charge in [-0.1, -0.05) is 18.2 Å². The van der Waals surface area contributed by atoms with Crippen LogP contribution in [0.2, 0.25) is 0 Å². The molecule has 1 aliphatic heterocycles. The maximum absolute atomic E-state index is 11.0. The van der Waals surface area contributed by atoms with Gasteiger partial charge in [0, 0.05) is 0 Å². The van der Waals surface area contributed by atoms with E-state index in [4.69, 9.17) is 14.0 Å². The van der Waals surface area contributed by atoms with Crippen LogP contribution in [0.4, 0.5) is 0 Å². The highest BCUT2D eigenvalue weighted by Gasteiger charge is 2.13. The third kappa shape index (κ3) is 3.40. The fourth-order valence-electron chi connectivity index (χ4n) is 2.42. The zero-order valence-electron chi connectivity index (χ0n) is 11.9. The van der Waals surface area contributed by atoms with Gasteiger partial charge in [0.15, 0.2) is 11.5 Å². The van der Waals surface area contributed by atoms with Crippen molar-refractivity contribution in [1.82, 2.24) is 0 Å². The van der Waals surface area contributed by atoms with Crippen LogP contribution in [-0.4, -0.2) is 19.8 Å². The van der Waals surface area contributed by atoms with E-state index in [9.17, 15) is 8.42 Å². The summed E-state index contributed by atoms with van der Waals surface area (Å²) in [5.41, 5.74) is 2.21. The molecule has 0 bridgehead atoms. The van der Waals surface area contributed by atoms with Gasteiger partial charge in [-0.05, 0) is 54.7 Å². The van der Waals surface area contributed by atoms with Crippen molar-refractivity contribution in [3.8, 4) is 11.5 Å². The molecule has 0 spiro atoms. The normalized spacial score (nSPS) is 13.3. The summed E-state index contributed by atoms with van der Waals surface area (Å²) in [6, 6.07) is 12.2. The van der Waals surface area contributed by atoms with Gasteiger partial charge in [0.2, 0.25) is 6.79 Å². The van der Waals surface area contributed by atoms with Crippen LogP contribution in [0.1, 0.15) is 17.5 Å². The molecule has 5 nitrogen and oxygen atoms in total. The molecule has 0 amide bonds. The van der Waals surface area contributed by atoms with Gasteiger partial charge in [-0.2, -0.15) is 8.42 Å². The molecule has 22 heavy (non-hydrogen) atoms. The first-order valence-corrected chi connectivity index (χ1v) is 8.41. The number of benzene rings is 2. The highest BCUT2D eigenvalue weighted by Crippen LogP contribution is 2.32. The smallest absolute Gasteiger partial charge is 0.294 e. The molecule has 1 heterocycles. The number of aryl methyl sites for hydroxylation is 2. The van der Waals surface area contributed by atoms with Crippen LogP contribution in [0.15, 0.2) is 47.4 Å². The van der Waals surface area contributed by atoms with Gasteiger partial charge in [-0.3, -0.25) is 4.55 Å². The Kier molecular flexibility index (Phi) is 4.04. The van der Waals surface area contributed by atoms with E-state index in [1.165, 1.54) is 17.7 Å². The second-order valence-electron chi connectivity index (χ2n) is 5.16. The van der Waals surface area contributed by atoms with E-state index < -0.39 is 10.1 Å². The van der Waals surface area contributed by atoms with Crippen LogP contribution in [0, 0.1) is 0 Å². The Labute approximate surface area is 129 Å². The lowest BCUT2D eigenvalue weighted by Crippen LogP contribution is -1.98. The molecule has 2 aromatic carbocycles. The summed E-state index contributed by atoms with van der Waals surface area (Å²) in [7, 11) is -4.11. The van der Waals surface area contributed by atoms with Gasteiger partial charge >= 0.3 is 0 Å². The third-order valence-electron chi connectivity index (χ3n) is 3.59. The summed E-state index contributed by atoms with van der Waals surface area (Å²) in [5.74, 6) is 1.57. The molecular weight excluding hydrogens is 304 g/mol. The molecule has 1 N–H and O–H groups in total. The van der Waals surface area contributed by atoms with Crippen LogP contribution in [0.25, 0.3) is 0 Å². The van der Waals surface area contributed by atoms with Crippen molar-refractivity contribution in [2.75, 3.05) is 6.79 Å². The van der Waals surface area contributed by atoms with Crippen LogP contribution in [-0.2, 0) is 23.0 Å². The number of hydrogen-bond acceptors (Lipinski definition) is 4.